The van der Waals surface area contributed by atoms with Crippen molar-refractivity contribution in [2.24, 2.45) is 0 Å². The van der Waals surface area contributed by atoms with Crippen LogP contribution in [-0.4, -0.2) is 9.97 Å². The van der Waals surface area contributed by atoms with Gasteiger partial charge in [-0.1, -0.05) is 0 Å². The van der Waals surface area contributed by atoms with Crippen LogP contribution >= 0.6 is 15.9 Å². The number of nitrogens with two attached hydrogens (primary N) is 1. The number of nitrogen functional groups attached to an aromatic ring is 1. The lowest BCUT2D eigenvalue weighted by Crippen LogP contribution is -1.95. The molecule has 3 rings (SSSR count). The highest BCUT2D eigenvalue weighted by molar-refractivity contribution is 9.10. The molecule has 2 aromatic heterocycles. The van der Waals surface area contributed by atoms with Crippen LogP contribution in [0, 0.1) is 12.7 Å². The minimum absolute atomic E-state index is 0.0964. The number of hydrogen-bond acceptors (Lipinski definition) is 4. The highest BCUT2D eigenvalue weighted by atomic mass is 79.9. The van der Waals surface area contributed by atoms with Gasteiger partial charge >= 0.3 is 0 Å². The maximum Gasteiger partial charge on any atom is 0.167 e. The Balaban J connectivity index is 2.10. The van der Waals surface area contributed by atoms with Crippen molar-refractivity contribution in [3.05, 3.63) is 52.5 Å². The molecule has 1 aromatic carbocycles. The number of ether oxygens (including phenoxy) is 1. The second kappa shape index (κ2) is 5.29. The number of anilines is 1. The van der Waals surface area contributed by atoms with Crippen molar-refractivity contribution in [2.75, 3.05) is 5.73 Å². The first kappa shape index (κ1) is 13.8. The Hall–Kier alpha value is -2.21. The van der Waals surface area contributed by atoms with Crippen LogP contribution < -0.4 is 10.5 Å². The van der Waals surface area contributed by atoms with E-state index >= 15 is 0 Å². The highest BCUT2D eigenvalue weighted by Crippen LogP contribution is 2.31. The van der Waals surface area contributed by atoms with Crippen LogP contribution in [0.4, 0.5) is 10.1 Å². The van der Waals surface area contributed by atoms with Gasteiger partial charge in [-0.15, -0.1) is 0 Å². The van der Waals surface area contributed by atoms with E-state index in [1.165, 1.54) is 12.1 Å². The number of hydrogen-bond donors (Lipinski definition) is 1. The van der Waals surface area contributed by atoms with Gasteiger partial charge in [0.05, 0.1) is 11.2 Å². The minimum Gasteiger partial charge on any atom is -0.452 e. The molecular weight excluding hydrogens is 337 g/mol. The van der Waals surface area contributed by atoms with Crippen LogP contribution in [0.15, 0.2) is 41.0 Å². The lowest BCUT2D eigenvalue weighted by atomic mass is 10.2. The zero-order valence-electron chi connectivity index (χ0n) is 11.1. The fourth-order valence-electron chi connectivity index (χ4n) is 1.92. The molecule has 0 fully saturated rings. The van der Waals surface area contributed by atoms with E-state index in [0.29, 0.717) is 22.5 Å². The second-order valence-corrected chi connectivity index (χ2v) is 5.38. The standard InChI is InChI=1S/C15H11BrFN3O/c1-8-10(16)7-12-15(20-8)14(4-5-19-12)21-13-3-2-9(18)6-11(13)17/h2-7H,18H2,1H3. The monoisotopic (exact) mass is 347 g/mol. The van der Waals surface area contributed by atoms with E-state index in [4.69, 9.17) is 10.5 Å². The predicted octanol–water partition coefficient (Wildman–Crippen LogP) is 4.21. The van der Waals surface area contributed by atoms with Crippen molar-refractivity contribution < 1.29 is 9.13 Å². The molecule has 0 unspecified atom stereocenters. The fourth-order valence-corrected chi connectivity index (χ4v) is 2.22. The Morgan fingerprint density at radius 3 is 2.76 bits per heavy atom. The van der Waals surface area contributed by atoms with Crippen LogP contribution in [0.2, 0.25) is 0 Å². The van der Waals surface area contributed by atoms with Crippen LogP contribution in [0.25, 0.3) is 11.0 Å². The zero-order chi connectivity index (χ0) is 15.0. The SMILES string of the molecule is Cc1nc2c(Oc3ccc(N)cc3F)ccnc2cc1Br. The zero-order valence-corrected chi connectivity index (χ0v) is 12.7. The third-order valence-corrected chi connectivity index (χ3v) is 3.78. The topological polar surface area (TPSA) is 61.0 Å². The number of fused-ring (bicyclic) bond motifs is 1. The summed E-state index contributed by atoms with van der Waals surface area (Å²) in [4.78, 5) is 8.67. The van der Waals surface area contributed by atoms with E-state index in [9.17, 15) is 4.39 Å². The molecule has 2 N–H and O–H groups in total. The summed E-state index contributed by atoms with van der Waals surface area (Å²) >= 11 is 3.41. The van der Waals surface area contributed by atoms with Crippen molar-refractivity contribution >= 4 is 32.7 Å². The molecule has 0 atom stereocenters. The summed E-state index contributed by atoms with van der Waals surface area (Å²) < 4.78 is 20.3. The molecule has 0 saturated carbocycles. The third-order valence-electron chi connectivity index (χ3n) is 2.98. The van der Waals surface area contributed by atoms with E-state index < -0.39 is 5.82 Å². The number of rotatable bonds is 2. The number of aryl methyl sites for hydroxylation is 1. The molecule has 6 heteroatoms. The Morgan fingerprint density at radius 2 is 2.00 bits per heavy atom. The van der Waals surface area contributed by atoms with Crippen LogP contribution in [0.1, 0.15) is 5.69 Å². The Labute approximate surface area is 128 Å². The van der Waals surface area contributed by atoms with Gasteiger partial charge < -0.3 is 10.5 Å². The second-order valence-electron chi connectivity index (χ2n) is 4.52. The van der Waals surface area contributed by atoms with Gasteiger partial charge in [-0.3, -0.25) is 4.98 Å². The van der Waals surface area contributed by atoms with E-state index in [1.807, 2.05) is 13.0 Å². The Bertz CT molecular complexity index is 839. The van der Waals surface area contributed by atoms with E-state index in [1.54, 1.807) is 18.3 Å². The molecule has 0 radical (unpaired) electrons. The summed E-state index contributed by atoms with van der Waals surface area (Å²) in [6.07, 6.45) is 1.59. The first-order valence-electron chi connectivity index (χ1n) is 6.19. The molecule has 3 aromatic rings. The molecule has 0 aliphatic rings. The minimum atomic E-state index is -0.520. The van der Waals surface area contributed by atoms with Gasteiger partial charge in [0.15, 0.2) is 17.3 Å². The summed E-state index contributed by atoms with van der Waals surface area (Å²) in [6, 6.07) is 7.79. The molecule has 2 heterocycles. The van der Waals surface area contributed by atoms with Gasteiger partial charge in [0.25, 0.3) is 0 Å². The summed E-state index contributed by atoms with van der Waals surface area (Å²) in [7, 11) is 0. The van der Waals surface area contributed by atoms with Gasteiger partial charge in [0.2, 0.25) is 0 Å². The Morgan fingerprint density at radius 1 is 1.19 bits per heavy atom. The van der Waals surface area contributed by atoms with Gasteiger partial charge in [0.1, 0.15) is 5.52 Å². The van der Waals surface area contributed by atoms with Crippen molar-refractivity contribution in [1.29, 1.82) is 0 Å². The maximum absolute atomic E-state index is 13.8. The first-order chi connectivity index (χ1) is 10.0. The molecule has 106 valence electrons. The molecule has 0 amide bonds. The number of halogens is 2. The lowest BCUT2D eigenvalue weighted by Gasteiger charge is -2.10. The lowest BCUT2D eigenvalue weighted by molar-refractivity contribution is 0.445. The smallest absolute Gasteiger partial charge is 0.167 e. The molecule has 0 spiro atoms. The summed E-state index contributed by atoms with van der Waals surface area (Å²) in [5.74, 6) is 0.0205. The largest absolute Gasteiger partial charge is 0.452 e. The number of nitrogens with zero attached hydrogens (tertiary/aromatic N) is 2. The normalized spacial score (nSPS) is 10.8. The number of aromatic nitrogens is 2. The fraction of sp³-hybridized carbons (Fsp3) is 0.0667. The van der Waals surface area contributed by atoms with Gasteiger partial charge in [-0.2, -0.15) is 0 Å². The van der Waals surface area contributed by atoms with Crippen LogP contribution in [-0.2, 0) is 0 Å². The van der Waals surface area contributed by atoms with Gasteiger partial charge in [-0.25, -0.2) is 9.37 Å². The molecule has 0 saturated heterocycles. The molecule has 0 bridgehead atoms. The summed E-state index contributed by atoms with van der Waals surface area (Å²) in [6.45, 7) is 1.87. The van der Waals surface area contributed by atoms with E-state index in [0.717, 1.165) is 10.2 Å². The Kier molecular flexibility index (Phi) is 3.47. The van der Waals surface area contributed by atoms with Crippen molar-refractivity contribution in [3.63, 3.8) is 0 Å². The average molecular weight is 348 g/mol. The third kappa shape index (κ3) is 2.67. The van der Waals surface area contributed by atoms with Crippen molar-refractivity contribution in [2.45, 2.75) is 6.92 Å². The average Bonchev–Trinajstić information content (AvgIpc) is 2.44. The molecule has 21 heavy (non-hydrogen) atoms. The molecule has 0 aliphatic heterocycles. The predicted molar refractivity (Wildman–Crippen MR) is 82.9 cm³/mol. The highest BCUT2D eigenvalue weighted by Gasteiger charge is 2.11. The molecular formula is C15H11BrFN3O. The number of pyridine rings is 2. The van der Waals surface area contributed by atoms with Gasteiger partial charge in [0, 0.05) is 28.5 Å². The van der Waals surface area contributed by atoms with Crippen LogP contribution in [0.3, 0.4) is 0 Å². The number of benzene rings is 1. The maximum atomic E-state index is 13.8. The summed E-state index contributed by atoms with van der Waals surface area (Å²) in [5.41, 5.74) is 7.92. The van der Waals surface area contributed by atoms with E-state index in [-0.39, 0.29) is 5.75 Å². The molecule has 4 nitrogen and oxygen atoms in total. The summed E-state index contributed by atoms with van der Waals surface area (Å²) in [5, 5.41) is 0. The quantitative estimate of drug-likeness (QED) is 0.705. The first-order valence-corrected chi connectivity index (χ1v) is 6.98. The van der Waals surface area contributed by atoms with E-state index in [2.05, 4.69) is 25.9 Å². The van der Waals surface area contributed by atoms with Gasteiger partial charge in [-0.05, 0) is 41.1 Å². The molecule has 0 aliphatic carbocycles. The van der Waals surface area contributed by atoms with Crippen molar-refractivity contribution in [3.8, 4) is 11.5 Å². The van der Waals surface area contributed by atoms with Crippen LogP contribution in [0.5, 0.6) is 11.5 Å². The van der Waals surface area contributed by atoms with Crippen molar-refractivity contribution in [1.82, 2.24) is 9.97 Å².